The molecule has 5 heteroatoms. The summed E-state index contributed by atoms with van der Waals surface area (Å²) in [5, 5.41) is 12.6. The zero-order chi connectivity index (χ0) is 40.0. The van der Waals surface area contributed by atoms with Gasteiger partial charge in [-0.25, -0.2) is 0 Å². The summed E-state index contributed by atoms with van der Waals surface area (Å²) in [5.41, 5.74) is 0. The van der Waals surface area contributed by atoms with E-state index in [9.17, 15) is 0 Å². The quantitative estimate of drug-likeness (QED) is 0.0846. The average molecular weight is 933 g/mol. The summed E-state index contributed by atoms with van der Waals surface area (Å²) in [4.78, 5) is 0. The average Bonchev–Trinajstić information content (AvgIpc) is 3.33. The molecule has 0 fully saturated rings. The van der Waals surface area contributed by atoms with Gasteiger partial charge < -0.3 is 0 Å². The summed E-state index contributed by atoms with van der Waals surface area (Å²) in [5.74, 6) is -10.3. The van der Waals surface area contributed by atoms with Gasteiger partial charge in [0.1, 0.15) is 0 Å². The van der Waals surface area contributed by atoms with E-state index in [0.29, 0.717) is 0 Å². The molecule has 0 nitrogen and oxygen atoms in total. The van der Waals surface area contributed by atoms with Crippen LogP contribution in [0.3, 0.4) is 0 Å². The van der Waals surface area contributed by atoms with E-state index in [1.165, 1.54) is 47.7 Å². The Balaban J connectivity index is 1.71. The summed E-state index contributed by atoms with van der Waals surface area (Å²) in [6.07, 6.45) is 0. The topological polar surface area (TPSA) is 0 Å². The van der Waals surface area contributed by atoms with Gasteiger partial charge in [-0.05, 0) is 0 Å². The molecule has 0 aliphatic heterocycles. The summed E-state index contributed by atoms with van der Waals surface area (Å²) in [6.45, 7) is 0. The number of halogens is 1. The standard InChI is InChI=1S/3C18H15P.BrH.Cu/c3*1-4-10-16(11-5-1)19(17-12-6-2-7-13-17)18-14-8-3-9-15-18;;/h3*1-15H;1H;/q;;;;-2/p+2. The van der Waals surface area contributed by atoms with Crippen molar-refractivity contribution in [3.05, 3.63) is 273 Å². The molecule has 9 aromatic carbocycles. The summed E-state index contributed by atoms with van der Waals surface area (Å²) in [6, 6.07) is 105. The summed E-state index contributed by atoms with van der Waals surface area (Å²) >= 11 is 5.55. The van der Waals surface area contributed by atoms with Crippen LogP contribution in [0.25, 0.3) is 0 Å². The normalized spacial score (nSPS) is 14.3. The number of hydrogen-bond acceptors (Lipinski definition) is 0. The Bertz CT molecular complexity index is 2100. The first-order valence-corrected chi connectivity index (χ1v) is 32.0. The number of rotatable bonds is 12. The van der Waals surface area contributed by atoms with Crippen molar-refractivity contribution in [1.29, 1.82) is 0 Å². The third-order valence-electron chi connectivity index (χ3n) is 11.3. The molecular weight excluding hydrogens is 885 g/mol. The zero-order valence-corrected chi connectivity index (χ0v) is 38.2. The molecule has 0 aromatic heterocycles. The Kier molecular flexibility index (Phi) is 11.8. The van der Waals surface area contributed by atoms with Gasteiger partial charge in [0.05, 0.1) is 0 Å². The van der Waals surface area contributed by atoms with Gasteiger partial charge in [-0.2, -0.15) is 0 Å². The Morgan fingerprint density at radius 2 is 0.288 bits per heavy atom. The third kappa shape index (κ3) is 6.37. The van der Waals surface area contributed by atoms with Gasteiger partial charge in [-0.1, -0.05) is 0 Å². The van der Waals surface area contributed by atoms with Crippen LogP contribution in [0.5, 0.6) is 0 Å². The SMILES string of the molecule is [Br][Cu]([PH](c1ccccc1)(c1ccccc1)c1ccccc1)([PH](c1ccccc1)(c1ccccc1)c1ccccc1)[PH](c1ccccc1)(c1ccccc1)c1ccccc1. The van der Waals surface area contributed by atoms with Crippen LogP contribution >= 0.6 is 32.0 Å². The van der Waals surface area contributed by atoms with Crippen molar-refractivity contribution in [3.8, 4) is 0 Å². The number of benzene rings is 9. The fourth-order valence-corrected chi connectivity index (χ4v) is 87.2. The third-order valence-corrected chi connectivity index (χ3v) is 69.1. The molecule has 0 saturated heterocycles. The van der Waals surface area contributed by atoms with E-state index >= 15 is 0 Å². The van der Waals surface area contributed by atoms with Crippen LogP contribution in [0.4, 0.5) is 0 Å². The van der Waals surface area contributed by atoms with Crippen molar-refractivity contribution in [1.82, 2.24) is 0 Å². The van der Waals surface area contributed by atoms with Gasteiger partial charge in [-0.15, -0.1) is 0 Å². The van der Waals surface area contributed by atoms with Crippen LogP contribution in [0.15, 0.2) is 273 Å². The number of hydrogen-bond donors (Lipinski definition) is 0. The van der Waals surface area contributed by atoms with E-state index in [0.717, 1.165) is 0 Å². The maximum absolute atomic E-state index is 5.55. The second kappa shape index (κ2) is 17.5. The fraction of sp³-hybridized carbons (Fsp3) is 0. The molecule has 0 unspecified atom stereocenters. The van der Waals surface area contributed by atoms with Crippen LogP contribution in [0.2, 0.25) is 0 Å². The predicted molar refractivity (Wildman–Crippen MR) is 269 cm³/mol. The van der Waals surface area contributed by atoms with Crippen LogP contribution in [-0.4, -0.2) is 0 Å². The first kappa shape index (κ1) is 39.7. The molecule has 9 rings (SSSR count). The molecule has 0 amide bonds. The molecule has 0 aliphatic carbocycles. The molecule has 0 bridgehead atoms. The van der Waals surface area contributed by atoms with Crippen molar-refractivity contribution in [2.75, 3.05) is 0 Å². The Morgan fingerprint density at radius 3 is 0.390 bits per heavy atom. The van der Waals surface area contributed by atoms with Crippen LogP contribution in [0.1, 0.15) is 0 Å². The van der Waals surface area contributed by atoms with Crippen LogP contribution in [0, 0.1) is 0 Å². The van der Waals surface area contributed by atoms with Crippen LogP contribution in [-0.2, 0) is 9.71 Å². The minimum atomic E-state index is -3.43. The van der Waals surface area contributed by atoms with E-state index in [2.05, 4.69) is 273 Å². The summed E-state index contributed by atoms with van der Waals surface area (Å²) < 4.78 is 0. The molecular formula is C54H48BrCuP3. The molecule has 0 saturated carbocycles. The molecule has 0 heterocycles. The molecule has 9 aromatic rings. The molecule has 0 radical (unpaired) electrons. The minimum absolute atomic E-state index is 1.40. The molecule has 297 valence electrons. The fourth-order valence-electron chi connectivity index (χ4n) is 8.98. The summed E-state index contributed by atoms with van der Waals surface area (Å²) in [7, 11) is -2.29. The van der Waals surface area contributed by atoms with Crippen molar-refractivity contribution in [2.45, 2.75) is 0 Å². The van der Waals surface area contributed by atoms with E-state index in [4.69, 9.17) is 14.1 Å². The van der Waals surface area contributed by atoms with Crippen molar-refractivity contribution in [2.24, 2.45) is 0 Å². The molecule has 0 aliphatic rings. The van der Waals surface area contributed by atoms with Gasteiger partial charge >= 0.3 is 362 Å². The van der Waals surface area contributed by atoms with Gasteiger partial charge in [0.2, 0.25) is 0 Å². The maximum atomic E-state index is 5.55. The Labute approximate surface area is 359 Å². The molecule has 0 spiro atoms. The van der Waals surface area contributed by atoms with Crippen molar-refractivity contribution in [3.63, 3.8) is 0 Å². The predicted octanol–water partition coefficient (Wildman–Crippen LogP) is 10.4. The van der Waals surface area contributed by atoms with E-state index in [1.807, 2.05) is 0 Å². The van der Waals surface area contributed by atoms with Crippen molar-refractivity contribution < 1.29 is 9.71 Å². The second-order valence-electron chi connectivity index (χ2n) is 14.5. The van der Waals surface area contributed by atoms with Crippen molar-refractivity contribution >= 4 is 79.7 Å². The van der Waals surface area contributed by atoms with Gasteiger partial charge in [0.25, 0.3) is 0 Å². The van der Waals surface area contributed by atoms with Gasteiger partial charge in [0.15, 0.2) is 0 Å². The molecule has 0 N–H and O–H groups in total. The Morgan fingerprint density at radius 1 is 0.186 bits per heavy atom. The zero-order valence-electron chi connectivity index (χ0n) is 32.7. The molecule has 59 heavy (non-hydrogen) atoms. The van der Waals surface area contributed by atoms with E-state index < -0.39 is 27.6 Å². The second-order valence-corrected chi connectivity index (χ2v) is 48.6. The first-order chi connectivity index (χ1) is 29.2. The first-order valence-electron chi connectivity index (χ1n) is 20.0. The van der Waals surface area contributed by atoms with Gasteiger partial charge in [0, 0.05) is 0 Å². The van der Waals surface area contributed by atoms with Crippen LogP contribution < -0.4 is 47.7 Å². The van der Waals surface area contributed by atoms with E-state index in [1.54, 1.807) is 0 Å². The van der Waals surface area contributed by atoms with E-state index in [-0.39, 0.29) is 0 Å². The van der Waals surface area contributed by atoms with Gasteiger partial charge in [-0.3, -0.25) is 0 Å². The Hall–Kier alpha value is -4.73. The monoisotopic (exact) mass is 931 g/mol. The molecule has 0 atom stereocenters.